The van der Waals surface area contributed by atoms with Crippen molar-refractivity contribution in [2.45, 2.75) is 20.4 Å². The van der Waals surface area contributed by atoms with Crippen molar-refractivity contribution in [2.75, 3.05) is 7.11 Å². The van der Waals surface area contributed by atoms with Gasteiger partial charge in [-0.15, -0.1) is 0 Å². The van der Waals surface area contributed by atoms with Crippen LogP contribution in [0, 0.1) is 18.6 Å². The zero-order valence-corrected chi connectivity index (χ0v) is 13.4. The Hall–Kier alpha value is -2.08. The molecule has 0 aliphatic rings. The van der Waals surface area contributed by atoms with Gasteiger partial charge in [0, 0.05) is 24.4 Å². The van der Waals surface area contributed by atoms with Crippen LogP contribution in [0.1, 0.15) is 17.0 Å². The fourth-order valence-electron chi connectivity index (χ4n) is 2.62. The molecule has 0 spiro atoms. The number of fused-ring (bicyclic) bond motifs is 1. The average Bonchev–Trinajstić information content (AvgIpc) is 2.89. The van der Waals surface area contributed by atoms with Gasteiger partial charge in [0.1, 0.15) is 5.75 Å². The van der Waals surface area contributed by atoms with Gasteiger partial charge in [0.25, 0.3) is 0 Å². The van der Waals surface area contributed by atoms with E-state index in [0.29, 0.717) is 11.3 Å². The standard InChI is InChI=1S/C15H18N4OS/c1-9-12(10(2)18(3)17-9)8-19-14-7-11(20-4)5-6-13(14)16-15(19)21/h5-7H,8H2,1-4H3,(H,16,21). The third-order valence-corrected chi connectivity index (χ3v) is 4.28. The lowest BCUT2D eigenvalue weighted by Gasteiger charge is -2.06. The Morgan fingerprint density at radius 2 is 2.10 bits per heavy atom. The van der Waals surface area contributed by atoms with Gasteiger partial charge >= 0.3 is 0 Å². The number of nitrogens with zero attached hydrogens (tertiary/aromatic N) is 3. The van der Waals surface area contributed by atoms with Crippen molar-refractivity contribution in [3.05, 3.63) is 39.9 Å². The molecular weight excluding hydrogens is 284 g/mol. The molecule has 110 valence electrons. The average molecular weight is 302 g/mol. The summed E-state index contributed by atoms with van der Waals surface area (Å²) >= 11 is 5.46. The van der Waals surface area contributed by atoms with Gasteiger partial charge in [-0.2, -0.15) is 5.10 Å². The minimum atomic E-state index is 0.706. The minimum absolute atomic E-state index is 0.706. The molecule has 0 bridgehead atoms. The highest BCUT2D eigenvalue weighted by molar-refractivity contribution is 7.71. The minimum Gasteiger partial charge on any atom is -0.497 e. The molecule has 6 heteroatoms. The molecule has 0 saturated heterocycles. The first-order valence-electron chi connectivity index (χ1n) is 6.77. The Morgan fingerprint density at radius 1 is 1.33 bits per heavy atom. The second-order valence-corrected chi connectivity index (χ2v) is 5.56. The van der Waals surface area contributed by atoms with Crippen LogP contribution < -0.4 is 4.74 Å². The van der Waals surface area contributed by atoms with Gasteiger partial charge in [-0.3, -0.25) is 4.68 Å². The number of methoxy groups -OCH3 is 1. The molecule has 0 fully saturated rings. The van der Waals surface area contributed by atoms with Crippen molar-refractivity contribution in [1.82, 2.24) is 19.3 Å². The number of rotatable bonds is 3. The number of aromatic nitrogens is 4. The van der Waals surface area contributed by atoms with Crippen LogP contribution in [0.2, 0.25) is 0 Å². The molecule has 0 aliphatic heterocycles. The van der Waals surface area contributed by atoms with Crippen molar-refractivity contribution in [3.63, 3.8) is 0 Å². The molecule has 5 nitrogen and oxygen atoms in total. The molecular formula is C15H18N4OS. The Kier molecular flexibility index (Phi) is 3.33. The number of benzene rings is 1. The largest absolute Gasteiger partial charge is 0.497 e. The molecule has 3 aromatic rings. The van der Waals surface area contributed by atoms with E-state index >= 15 is 0 Å². The second kappa shape index (κ2) is 5.04. The number of H-pyrrole nitrogens is 1. The van der Waals surface area contributed by atoms with Crippen molar-refractivity contribution in [1.29, 1.82) is 0 Å². The molecule has 1 aromatic carbocycles. The van der Waals surface area contributed by atoms with E-state index in [1.807, 2.05) is 36.9 Å². The summed E-state index contributed by atoms with van der Waals surface area (Å²) in [6, 6.07) is 5.92. The van der Waals surface area contributed by atoms with Gasteiger partial charge in [-0.1, -0.05) is 0 Å². The quantitative estimate of drug-likeness (QED) is 0.756. The summed E-state index contributed by atoms with van der Waals surface area (Å²) in [7, 11) is 3.63. The van der Waals surface area contributed by atoms with E-state index in [9.17, 15) is 0 Å². The molecule has 0 amide bonds. The number of hydrogen-bond acceptors (Lipinski definition) is 3. The van der Waals surface area contributed by atoms with Crippen molar-refractivity contribution in [2.24, 2.45) is 7.05 Å². The van der Waals surface area contributed by atoms with E-state index in [4.69, 9.17) is 17.0 Å². The van der Waals surface area contributed by atoms with Crippen molar-refractivity contribution < 1.29 is 4.74 Å². The topological polar surface area (TPSA) is 47.8 Å². The van der Waals surface area contributed by atoms with E-state index in [1.165, 1.54) is 5.56 Å². The number of aromatic amines is 1. The third-order valence-electron chi connectivity index (χ3n) is 3.96. The number of aryl methyl sites for hydroxylation is 2. The highest BCUT2D eigenvalue weighted by Gasteiger charge is 2.13. The molecule has 0 saturated carbocycles. The maximum absolute atomic E-state index is 5.46. The van der Waals surface area contributed by atoms with Crippen LogP contribution in [0.5, 0.6) is 5.75 Å². The molecule has 0 aliphatic carbocycles. The van der Waals surface area contributed by atoms with Crippen LogP contribution in [0.3, 0.4) is 0 Å². The van der Waals surface area contributed by atoms with E-state index < -0.39 is 0 Å². The van der Waals surface area contributed by atoms with Gasteiger partial charge < -0.3 is 14.3 Å². The van der Waals surface area contributed by atoms with Crippen molar-refractivity contribution in [3.8, 4) is 5.75 Å². The molecule has 1 N–H and O–H groups in total. The van der Waals surface area contributed by atoms with E-state index in [0.717, 1.165) is 28.2 Å². The number of imidazole rings is 1. The molecule has 2 aromatic heterocycles. The van der Waals surface area contributed by atoms with Gasteiger partial charge in [-0.05, 0) is 38.2 Å². The molecule has 2 heterocycles. The maximum atomic E-state index is 5.46. The molecule has 0 unspecified atom stereocenters. The first-order chi connectivity index (χ1) is 10.0. The lowest BCUT2D eigenvalue weighted by atomic mass is 10.2. The lowest BCUT2D eigenvalue weighted by Crippen LogP contribution is -2.02. The monoisotopic (exact) mass is 302 g/mol. The molecule has 21 heavy (non-hydrogen) atoms. The Labute approximate surface area is 128 Å². The summed E-state index contributed by atoms with van der Waals surface area (Å²) in [5.41, 5.74) is 5.46. The van der Waals surface area contributed by atoms with Crippen LogP contribution >= 0.6 is 12.2 Å². The summed E-state index contributed by atoms with van der Waals surface area (Å²) in [6.07, 6.45) is 0. The van der Waals surface area contributed by atoms with Gasteiger partial charge in [0.15, 0.2) is 4.77 Å². The predicted octanol–water partition coefficient (Wildman–Crippen LogP) is 3.11. The lowest BCUT2D eigenvalue weighted by molar-refractivity contribution is 0.415. The molecule has 0 atom stereocenters. The maximum Gasteiger partial charge on any atom is 0.178 e. The molecule has 3 rings (SSSR count). The van der Waals surface area contributed by atoms with E-state index in [-0.39, 0.29) is 0 Å². The van der Waals surface area contributed by atoms with Crippen LogP contribution in [-0.4, -0.2) is 26.4 Å². The molecule has 0 radical (unpaired) electrons. The SMILES string of the molecule is COc1ccc2[nH]c(=S)n(Cc3c(C)nn(C)c3C)c2c1. The summed E-state index contributed by atoms with van der Waals surface area (Å²) < 4.78 is 10.0. The highest BCUT2D eigenvalue weighted by Crippen LogP contribution is 2.23. The first kappa shape index (κ1) is 13.9. The summed E-state index contributed by atoms with van der Waals surface area (Å²) in [5, 5.41) is 4.47. The van der Waals surface area contributed by atoms with Crippen molar-refractivity contribution >= 4 is 23.3 Å². The summed E-state index contributed by atoms with van der Waals surface area (Å²) in [6.45, 7) is 4.81. The zero-order valence-electron chi connectivity index (χ0n) is 12.6. The second-order valence-electron chi connectivity index (χ2n) is 5.17. The Bertz CT molecular complexity index is 872. The van der Waals surface area contributed by atoms with Crippen LogP contribution in [-0.2, 0) is 13.6 Å². The smallest absolute Gasteiger partial charge is 0.178 e. The fraction of sp³-hybridized carbons (Fsp3) is 0.333. The van der Waals surface area contributed by atoms with Crippen LogP contribution in [0.4, 0.5) is 0 Å². The normalized spacial score (nSPS) is 11.2. The first-order valence-corrected chi connectivity index (χ1v) is 7.17. The third kappa shape index (κ3) is 2.25. The summed E-state index contributed by atoms with van der Waals surface area (Å²) in [5.74, 6) is 0.824. The van der Waals surface area contributed by atoms with Gasteiger partial charge in [-0.25, -0.2) is 0 Å². The van der Waals surface area contributed by atoms with Crippen LogP contribution in [0.25, 0.3) is 11.0 Å². The van der Waals surface area contributed by atoms with Gasteiger partial charge in [0.2, 0.25) is 0 Å². The van der Waals surface area contributed by atoms with E-state index in [1.54, 1.807) is 7.11 Å². The van der Waals surface area contributed by atoms with Gasteiger partial charge in [0.05, 0.1) is 30.4 Å². The number of nitrogens with one attached hydrogen (secondary N) is 1. The Balaban J connectivity index is 2.15. The number of hydrogen-bond donors (Lipinski definition) is 1. The van der Waals surface area contributed by atoms with Crippen LogP contribution in [0.15, 0.2) is 18.2 Å². The number of ether oxygens (including phenoxy) is 1. The fourth-order valence-corrected chi connectivity index (χ4v) is 2.89. The highest BCUT2D eigenvalue weighted by atomic mass is 32.1. The predicted molar refractivity (Wildman–Crippen MR) is 85.5 cm³/mol. The summed E-state index contributed by atoms with van der Waals surface area (Å²) in [4.78, 5) is 3.24. The Morgan fingerprint density at radius 3 is 2.71 bits per heavy atom. The zero-order chi connectivity index (χ0) is 15.1. The van der Waals surface area contributed by atoms with E-state index in [2.05, 4.69) is 21.6 Å².